The highest BCUT2D eigenvalue weighted by atomic mass is 16.6. The second-order valence-corrected chi connectivity index (χ2v) is 4.34. The second-order valence-electron chi connectivity index (χ2n) is 4.34. The van der Waals surface area contributed by atoms with Gasteiger partial charge in [0, 0.05) is 6.04 Å². The number of ether oxygens (including phenoxy) is 1. The summed E-state index contributed by atoms with van der Waals surface area (Å²) in [7, 11) is 0. The first kappa shape index (κ1) is 12.0. The number of furan rings is 1. The molecule has 0 atom stereocenters. The van der Waals surface area contributed by atoms with Crippen molar-refractivity contribution in [1.82, 2.24) is 4.90 Å². The predicted molar refractivity (Wildman–Crippen MR) is 63.5 cm³/mol. The van der Waals surface area contributed by atoms with Gasteiger partial charge < -0.3 is 9.15 Å². The third-order valence-corrected chi connectivity index (χ3v) is 3.17. The van der Waals surface area contributed by atoms with Crippen LogP contribution in [-0.2, 0) is 11.3 Å². The van der Waals surface area contributed by atoms with E-state index in [4.69, 9.17) is 9.15 Å². The molecule has 0 bridgehead atoms. The Bertz CT molecular complexity index is 342. The lowest BCUT2D eigenvalue weighted by Crippen LogP contribution is -2.38. The van der Waals surface area contributed by atoms with E-state index >= 15 is 0 Å². The Labute approximate surface area is 102 Å². The molecule has 17 heavy (non-hydrogen) atoms. The van der Waals surface area contributed by atoms with Crippen molar-refractivity contribution in [2.24, 2.45) is 0 Å². The summed E-state index contributed by atoms with van der Waals surface area (Å²) >= 11 is 0. The van der Waals surface area contributed by atoms with Gasteiger partial charge in [-0.3, -0.25) is 4.90 Å². The minimum atomic E-state index is -0.226. The van der Waals surface area contributed by atoms with Gasteiger partial charge >= 0.3 is 6.09 Å². The lowest BCUT2D eigenvalue weighted by Gasteiger charge is -2.27. The fraction of sp³-hybridized carbons (Fsp3) is 0.615. The van der Waals surface area contributed by atoms with Crippen LogP contribution in [-0.4, -0.2) is 23.6 Å². The Balaban J connectivity index is 2.03. The van der Waals surface area contributed by atoms with E-state index < -0.39 is 0 Å². The molecular weight excluding hydrogens is 218 g/mol. The van der Waals surface area contributed by atoms with Gasteiger partial charge in [-0.15, -0.1) is 0 Å². The minimum Gasteiger partial charge on any atom is -0.467 e. The molecule has 0 saturated heterocycles. The summed E-state index contributed by atoms with van der Waals surface area (Å²) < 4.78 is 10.4. The van der Waals surface area contributed by atoms with E-state index in [1.807, 2.05) is 19.1 Å². The van der Waals surface area contributed by atoms with Crippen LogP contribution in [0.15, 0.2) is 22.8 Å². The van der Waals surface area contributed by atoms with Crippen LogP contribution in [0, 0.1) is 0 Å². The van der Waals surface area contributed by atoms with Gasteiger partial charge in [-0.2, -0.15) is 0 Å². The summed E-state index contributed by atoms with van der Waals surface area (Å²) in [6.45, 7) is 2.76. The van der Waals surface area contributed by atoms with Crippen LogP contribution >= 0.6 is 0 Å². The summed E-state index contributed by atoms with van der Waals surface area (Å²) in [5.41, 5.74) is 0. The van der Waals surface area contributed by atoms with Crippen LogP contribution in [0.3, 0.4) is 0 Å². The van der Waals surface area contributed by atoms with Gasteiger partial charge in [-0.25, -0.2) is 4.79 Å². The highest BCUT2D eigenvalue weighted by molar-refractivity contribution is 5.68. The number of hydrogen-bond acceptors (Lipinski definition) is 3. The number of carbonyl (C=O) groups is 1. The molecule has 0 aliphatic heterocycles. The summed E-state index contributed by atoms with van der Waals surface area (Å²) in [6, 6.07) is 4.04. The van der Waals surface area contributed by atoms with E-state index in [1.165, 1.54) is 12.8 Å². The molecule has 2 rings (SSSR count). The molecule has 1 aliphatic rings. The number of hydrogen-bond donors (Lipinski definition) is 0. The van der Waals surface area contributed by atoms with E-state index in [2.05, 4.69) is 0 Å². The Kier molecular flexibility index (Phi) is 4.07. The Morgan fingerprint density at radius 2 is 2.29 bits per heavy atom. The molecule has 1 heterocycles. The zero-order chi connectivity index (χ0) is 12.1. The molecule has 4 heteroatoms. The molecule has 0 radical (unpaired) electrons. The molecule has 0 spiro atoms. The molecule has 1 aliphatic carbocycles. The monoisotopic (exact) mass is 237 g/mol. The lowest BCUT2D eigenvalue weighted by atomic mass is 10.2. The van der Waals surface area contributed by atoms with Gasteiger partial charge in [-0.1, -0.05) is 12.8 Å². The average molecular weight is 237 g/mol. The number of amides is 1. The third kappa shape index (κ3) is 3.02. The van der Waals surface area contributed by atoms with Gasteiger partial charge in [-0.05, 0) is 31.9 Å². The summed E-state index contributed by atoms with van der Waals surface area (Å²) in [5.74, 6) is 0.810. The van der Waals surface area contributed by atoms with Crippen LogP contribution in [0.4, 0.5) is 4.79 Å². The zero-order valence-corrected chi connectivity index (χ0v) is 10.2. The fourth-order valence-corrected chi connectivity index (χ4v) is 2.34. The summed E-state index contributed by atoms with van der Waals surface area (Å²) in [4.78, 5) is 13.7. The molecule has 4 nitrogen and oxygen atoms in total. The van der Waals surface area contributed by atoms with Crippen molar-refractivity contribution < 1.29 is 13.9 Å². The molecule has 1 aromatic rings. The maximum absolute atomic E-state index is 11.9. The Hall–Kier alpha value is -1.45. The van der Waals surface area contributed by atoms with Crippen LogP contribution in [0.25, 0.3) is 0 Å². The fourth-order valence-electron chi connectivity index (χ4n) is 2.34. The normalized spacial score (nSPS) is 16.1. The Morgan fingerprint density at radius 3 is 2.88 bits per heavy atom. The highest BCUT2D eigenvalue weighted by Crippen LogP contribution is 2.25. The van der Waals surface area contributed by atoms with Crippen LogP contribution in [0.5, 0.6) is 0 Å². The van der Waals surface area contributed by atoms with Gasteiger partial charge in [0.05, 0.1) is 19.4 Å². The number of nitrogens with zero attached hydrogens (tertiary/aromatic N) is 1. The van der Waals surface area contributed by atoms with Gasteiger partial charge in [0.2, 0.25) is 0 Å². The highest BCUT2D eigenvalue weighted by Gasteiger charge is 2.28. The Morgan fingerprint density at radius 1 is 1.53 bits per heavy atom. The van der Waals surface area contributed by atoms with Crippen molar-refractivity contribution in [1.29, 1.82) is 0 Å². The minimum absolute atomic E-state index is 0.226. The van der Waals surface area contributed by atoms with Crippen molar-refractivity contribution in [2.75, 3.05) is 6.61 Å². The molecule has 0 aromatic carbocycles. The van der Waals surface area contributed by atoms with Crippen molar-refractivity contribution in [3.05, 3.63) is 24.2 Å². The molecular formula is C13H19NO3. The largest absolute Gasteiger partial charge is 0.467 e. The molecule has 0 N–H and O–H groups in total. The van der Waals surface area contributed by atoms with Crippen LogP contribution in [0.1, 0.15) is 38.4 Å². The van der Waals surface area contributed by atoms with Gasteiger partial charge in [0.25, 0.3) is 0 Å². The average Bonchev–Trinajstić information content (AvgIpc) is 2.99. The summed E-state index contributed by atoms with van der Waals surface area (Å²) in [6.07, 6.45) is 5.93. The number of rotatable bonds is 4. The predicted octanol–water partition coefficient (Wildman–Crippen LogP) is 3.18. The quantitative estimate of drug-likeness (QED) is 0.807. The second kappa shape index (κ2) is 5.75. The topological polar surface area (TPSA) is 42.7 Å². The lowest BCUT2D eigenvalue weighted by molar-refractivity contribution is 0.0842. The molecule has 1 aromatic heterocycles. The zero-order valence-electron chi connectivity index (χ0n) is 10.2. The molecule has 94 valence electrons. The maximum Gasteiger partial charge on any atom is 0.410 e. The SMILES string of the molecule is CCOC(=O)N(Cc1ccco1)C1CCCC1. The van der Waals surface area contributed by atoms with Gasteiger partial charge in [0.15, 0.2) is 0 Å². The molecule has 0 unspecified atom stereocenters. The summed E-state index contributed by atoms with van der Waals surface area (Å²) in [5, 5.41) is 0. The van der Waals surface area contributed by atoms with E-state index in [1.54, 1.807) is 11.2 Å². The molecule has 1 amide bonds. The maximum atomic E-state index is 11.9. The first-order valence-corrected chi connectivity index (χ1v) is 6.27. The van der Waals surface area contributed by atoms with E-state index in [0.717, 1.165) is 18.6 Å². The first-order chi connectivity index (χ1) is 8.31. The third-order valence-electron chi connectivity index (χ3n) is 3.17. The van der Waals surface area contributed by atoms with E-state index in [9.17, 15) is 4.79 Å². The first-order valence-electron chi connectivity index (χ1n) is 6.27. The van der Waals surface area contributed by atoms with Crippen molar-refractivity contribution in [3.63, 3.8) is 0 Å². The van der Waals surface area contributed by atoms with Crippen molar-refractivity contribution in [2.45, 2.75) is 45.2 Å². The standard InChI is InChI=1S/C13H19NO3/c1-2-16-13(15)14(11-6-3-4-7-11)10-12-8-5-9-17-12/h5,8-9,11H,2-4,6-7,10H2,1H3. The molecule has 1 saturated carbocycles. The van der Waals surface area contributed by atoms with E-state index in [0.29, 0.717) is 19.2 Å². The van der Waals surface area contributed by atoms with Crippen LogP contribution in [0.2, 0.25) is 0 Å². The van der Waals surface area contributed by atoms with Gasteiger partial charge in [0.1, 0.15) is 5.76 Å². The van der Waals surface area contributed by atoms with Crippen molar-refractivity contribution in [3.8, 4) is 0 Å². The van der Waals surface area contributed by atoms with E-state index in [-0.39, 0.29) is 6.09 Å². The number of carbonyl (C=O) groups excluding carboxylic acids is 1. The van der Waals surface area contributed by atoms with Crippen molar-refractivity contribution >= 4 is 6.09 Å². The smallest absolute Gasteiger partial charge is 0.410 e. The van der Waals surface area contributed by atoms with Crippen LogP contribution < -0.4 is 0 Å². The molecule has 1 fully saturated rings.